The lowest BCUT2D eigenvalue weighted by Gasteiger charge is -2.46. The Morgan fingerprint density at radius 3 is 2.24 bits per heavy atom. The summed E-state index contributed by atoms with van der Waals surface area (Å²) in [6, 6.07) is 19.1. The summed E-state index contributed by atoms with van der Waals surface area (Å²) in [5, 5.41) is 0. The van der Waals surface area contributed by atoms with E-state index < -0.39 is 0 Å². The van der Waals surface area contributed by atoms with Crippen molar-refractivity contribution in [3.05, 3.63) is 59.7 Å². The van der Waals surface area contributed by atoms with Crippen LogP contribution in [-0.2, 0) is 0 Å². The maximum atomic E-state index is 2.81. The number of fused-ring (bicyclic) bond motifs is 3. The Balaban J connectivity index is 1.49. The van der Waals surface area contributed by atoms with Crippen LogP contribution in [0.2, 0.25) is 0 Å². The molecular weight excluding hydrogens is 322 g/mol. The zero-order valence-corrected chi connectivity index (χ0v) is 15.7. The van der Waals surface area contributed by atoms with Crippen molar-refractivity contribution in [2.75, 3.05) is 13.1 Å². The van der Waals surface area contributed by atoms with Gasteiger partial charge in [-0.2, -0.15) is 0 Å². The second-order valence-corrected chi connectivity index (χ2v) is 9.05. The van der Waals surface area contributed by atoms with E-state index in [1.807, 2.05) is 11.8 Å². The Morgan fingerprint density at radius 1 is 0.800 bits per heavy atom. The quantitative estimate of drug-likeness (QED) is 0.660. The number of benzene rings is 2. The number of hydrogen-bond acceptors (Lipinski definition) is 2. The van der Waals surface area contributed by atoms with E-state index in [-0.39, 0.29) is 0 Å². The first-order valence-corrected chi connectivity index (χ1v) is 10.8. The van der Waals surface area contributed by atoms with Gasteiger partial charge in [0.25, 0.3) is 0 Å². The Morgan fingerprint density at radius 2 is 1.48 bits per heavy atom. The smallest absolute Gasteiger partial charge is 0.0160 e. The highest BCUT2D eigenvalue weighted by Gasteiger charge is 2.36. The molecule has 2 aromatic carbocycles. The van der Waals surface area contributed by atoms with Crippen molar-refractivity contribution in [2.45, 2.75) is 60.3 Å². The third kappa shape index (κ3) is 2.94. The molecule has 0 aliphatic carbocycles. The van der Waals surface area contributed by atoms with E-state index >= 15 is 0 Å². The molecule has 1 nitrogen and oxygen atoms in total. The van der Waals surface area contributed by atoms with E-state index in [2.05, 4.69) is 53.4 Å². The van der Waals surface area contributed by atoms with Gasteiger partial charge in [-0.3, -0.25) is 0 Å². The van der Waals surface area contributed by atoms with E-state index in [1.54, 1.807) is 11.1 Å². The lowest BCUT2D eigenvalue weighted by atomic mass is 9.75. The van der Waals surface area contributed by atoms with E-state index in [0.717, 1.165) is 12.0 Å². The lowest BCUT2D eigenvalue weighted by molar-refractivity contribution is 0.0538. The summed E-state index contributed by atoms with van der Waals surface area (Å²) in [6.45, 7) is 2.68. The summed E-state index contributed by atoms with van der Waals surface area (Å²) < 4.78 is 0. The fourth-order valence-electron chi connectivity index (χ4n) is 5.42. The summed E-state index contributed by atoms with van der Waals surface area (Å²) in [7, 11) is 0. The zero-order chi connectivity index (χ0) is 16.6. The minimum atomic E-state index is 0.584. The summed E-state index contributed by atoms with van der Waals surface area (Å²) in [4.78, 5) is 5.76. The van der Waals surface area contributed by atoms with Gasteiger partial charge < -0.3 is 4.90 Å². The van der Waals surface area contributed by atoms with Crippen LogP contribution in [0.25, 0.3) is 0 Å². The second kappa shape index (κ2) is 6.81. The van der Waals surface area contributed by atoms with Crippen LogP contribution in [0, 0.1) is 5.92 Å². The molecule has 25 heavy (non-hydrogen) atoms. The average molecular weight is 350 g/mol. The fraction of sp³-hybridized carbons (Fsp3) is 0.478. The molecule has 0 spiro atoms. The monoisotopic (exact) mass is 349 g/mol. The number of piperidine rings is 2. The molecule has 2 saturated heterocycles. The van der Waals surface area contributed by atoms with Crippen molar-refractivity contribution in [3.63, 3.8) is 0 Å². The number of nitrogens with zero attached hydrogens (tertiary/aromatic N) is 1. The van der Waals surface area contributed by atoms with Gasteiger partial charge in [0.1, 0.15) is 0 Å². The van der Waals surface area contributed by atoms with E-state index in [1.165, 1.54) is 61.4 Å². The SMILES string of the molecule is c1ccc2c(c1)Sc1ccccc1C2C[C@H]1CCCN2CCCC[C@H]12. The number of rotatable bonds is 2. The van der Waals surface area contributed by atoms with Gasteiger partial charge in [-0.25, -0.2) is 0 Å². The molecule has 2 heteroatoms. The van der Waals surface area contributed by atoms with Crippen LogP contribution in [0.15, 0.2) is 58.3 Å². The molecule has 0 saturated carbocycles. The Bertz CT molecular complexity index is 708. The highest BCUT2D eigenvalue weighted by molar-refractivity contribution is 7.99. The van der Waals surface area contributed by atoms with Crippen LogP contribution in [-0.4, -0.2) is 24.0 Å². The van der Waals surface area contributed by atoms with Crippen molar-refractivity contribution in [1.29, 1.82) is 0 Å². The van der Waals surface area contributed by atoms with E-state index in [9.17, 15) is 0 Å². The largest absolute Gasteiger partial charge is 0.300 e. The predicted octanol–water partition coefficient (Wildman–Crippen LogP) is 5.94. The average Bonchev–Trinajstić information content (AvgIpc) is 2.68. The second-order valence-electron chi connectivity index (χ2n) is 7.97. The van der Waals surface area contributed by atoms with Crippen molar-refractivity contribution in [1.82, 2.24) is 4.90 Å². The summed E-state index contributed by atoms with van der Waals surface area (Å²) in [5.74, 6) is 1.45. The minimum Gasteiger partial charge on any atom is -0.300 e. The molecule has 0 radical (unpaired) electrons. The van der Waals surface area contributed by atoms with Crippen LogP contribution in [0.3, 0.4) is 0 Å². The van der Waals surface area contributed by atoms with Gasteiger partial charge in [-0.1, -0.05) is 54.6 Å². The normalized spacial score (nSPS) is 26.6. The van der Waals surface area contributed by atoms with Crippen molar-refractivity contribution >= 4 is 11.8 Å². The third-order valence-electron chi connectivity index (χ3n) is 6.58. The summed E-state index contributed by atoms with van der Waals surface area (Å²) in [5.41, 5.74) is 3.14. The first kappa shape index (κ1) is 16.0. The van der Waals surface area contributed by atoms with E-state index in [4.69, 9.17) is 0 Å². The molecule has 3 aliphatic heterocycles. The van der Waals surface area contributed by atoms with Crippen LogP contribution in [0.4, 0.5) is 0 Å². The molecule has 0 unspecified atom stereocenters. The number of hydrogen-bond donors (Lipinski definition) is 0. The molecule has 2 atom stereocenters. The standard InChI is InChI=1S/C23H27NS/c1-3-12-22-18(9-1)20(19-10-2-4-13-23(19)25-22)16-17-8-7-15-24-14-6-5-11-21(17)24/h1-4,9-10,12-13,17,20-21H,5-8,11,14-16H2/t17-,21-/m1/s1. The first-order valence-electron chi connectivity index (χ1n) is 10.00. The summed E-state index contributed by atoms with van der Waals surface area (Å²) >= 11 is 1.96. The molecule has 0 N–H and O–H groups in total. The van der Waals surface area contributed by atoms with Gasteiger partial charge in [-0.05, 0) is 74.4 Å². The Kier molecular flexibility index (Phi) is 4.35. The molecule has 3 aliphatic rings. The zero-order valence-electron chi connectivity index (χ0n) is 14.9. The van der Waals surface area contributed by atoms with Crippen LogP contribution in [0.1, 0.15) is 55.6 Å². The maximum absolute atomic E-state index is 2.81. The maximum Gasteiger partial charge on any atom is 0.0160 e. The molecule has 0 amide bonds. The van der Waals surface area contributed by atoms with Crippen LogP contribution < -0.4 is 0 Å². The lowest BCUT2D eigenvalue weighted by Crippen LogP contribution is -2.48. The van der Waals surface area contributed by atoms with Gasteiger partial charge in [0, 0.05) is 21.8 Å². The molecule has 130 valence electrons. The molecular formula is C23H27NS. The molecule has 2 fully saturated rings. The minimum absolute atomic E-state index is 0.584. The van der Waals surface area contributed by atoms with Gasteiger partial charge in [0.2, 0.25) is 0 Å². The highest BCUT2D eigenvalue weighted by Crippen LogP contribution is 2.49. The van der Waals surface area contributed by atoms with Gasteiger partial charge in [0.15, 0.2) is 0 Å². The van der Waals surface area contributed by atoms with Crippen molar-refractivity contribution in [3.8, 4) is 0 Å². The van der Waals surface area contributed by atoms with Crippen LogP contribution in [0.5, 0.6) is 0 Å². The molecule has 5 rings (SSSR count). The topological polar surface area (TPSA) is 3.24 Å². The summed E-state index contributed by atoms with van der Waals surface area (Å²) in [6.07, 6.45) is 8.42. The van der Waals surface area contributed by atoms with Gasteiger partial charge in [0.05, 0.1) is 0 Å². The van der Waals surface area contributed by atoms with Crippen molar-refractivity contribution < 1.29 is 0 Å². The highest BCUT2D eigenvalue weighted by atomic mass is 32.2. The Labute approximate surface area is 155 Å². The molecule has 3 heterocycles. The molecule has 0 aromatic heterocycles. The third-order valence-corrected chi connectivity index (χ3v) is 7.76. The molecule has 0 bridgehead atoms. The fourth-order valence-corrected chi connectivity index (χ4v) is 6.60. The first-order chi connectivity index (χ1) is 12.4. The van der Waals surface area contributed by atoms with Crippen molar-refractivity contribution in [2.24, 2.45) is 5.92 Å². The van der Waals surface area contributed by atoms with Gasteiger partial charge in [-0.15, -0.1) is 0 Å². The molecule has 2 aromatic rings. The van der Waals surface area contributed by atoms with E-state index in [0.29, 0.717) is 5.92 Å². The predicted molar refractivity (Wildman–Crippen MR) is 105 cm³/mol. The Hall–Kier alpha value is -1.25. The van der Waals surface area contributed by atoms with Crippen LogP contribution >= 0.6 is 11.8 Å². The van der Waals surface area contributed by atoms with Gasteiger partial charge >= 0.3 is 0 Å².